The Labute approximate surface area is 234 Å². The Hall–Kier alpha value is -3.61. The van der Waals surface area contributed by atoms with Crippen LogP contribution in [0, 0.1) is 13.8 Å². The third-order valence-electron chi connectivity index (χ3n) is 7.54. The second-order valence-corrected chi connectivity index (χ2v) is 11.6. The zero-order chi connectivity index (χ0) is 29.2. The van der Waals surface area contributed by atoms with Gasteiger partial charge in [-0.15, -0.1) is 0 Å². The predicted molar refractivity (Wildman–Crippen MR) is 155 cm³/mol. The maximum Gasteiger partial charge on any atom is 0.417 e. The SMILES string of the molecule is CCn1c(CCCc2ccc(-c3ccc(C)c(C)c3)c(C(F)(F)F)c2)nn(Cc2ccc(C(C)(C)C)cc2)c1=O. The average Bonchev–Trinajstić information content (AvgIpc) is 3.18. The van der Waals surface area contributed by atoms with Crippen molar-refractivity contribution in [3.63, 3.8) is 0 Å². The standard InChI is InChI=1S/C33H38F3N3O/c1-7-38-30(37-39(31(38)40)21-25-12-16-27(17-13-25)32(4,5)6)10-8-9-24-14-18-28(29(20-24)33(34,35)36)26-15-11-22(2)23(3)19-26/h11-20H,7-10,21H2,1-6H3. The maximum absolute atomic E-state index is 14.0. The van der Waals surface area contributed by atoms with Gasteiger partial charge in [0.15, 0.2) is 0 Å². The van der Waals surface area contributed by atoms with Crippen molar-refractivity contribution in [2.45, 2.75) is 85.5 Å². The van der Waals surface area contributed by atoms with Crippen LogP contribution < -0.4 is 5.69 Å². The number of aryl methyl sites for hydroxylation is 4. The molecule has 40 heavy (non-hydrogen) atoms. The van der Waals surface area contributed by atoms with Gasteiger partial charge in [-0.05, 0) is 84.0 Å². The van der Waals surface area contributed by atoms with Gasteiger partial charge >= 0.3 is 11.9 Å². The van der Waals surface area contributed by atoms with Crippen molar-refractivity contribution < 1.29 is 13.2 Å². The molecule has 0 fully saturated rings. The van der Waals surface area contributed by atoms with Crippen molar-refractivity contribution in [1.82, 2.24) is 14.3 Å². The molecule has 1 aromatic heterocycles. The molecule has 0 radical (unpaired) electrons. The number of nitrogens with zero attached hydrogens (tertiary/aromatic N) is 3. The summed E-state index contributed by atoms with van der Waals surface area (Å²) in [6.45, 7) is 13.1. The molecule has 0 aliphatic carbocycles. The lowest BCUT2D eigenvalue weighted by molar-refractivity contribution is -0.137. The lowest BCUT2D eigenvalue weighted by Crippen LogP contribution is -2.25. The molecule has 0 aliphatic heterocycles. The molecule has 3 aromatic carbocycles. The first kappa shape index (κ1) is 29.4. The van der Waals surface area contributed by atoms with E-state index in [1.54, 1.807) is 28.8 Å². The van der Waals surface area contributed by atoms with Crippen LogP contribution in [0.2, 0.25) is 0 Å². The van der Waals surface area contributed by atoms with E-state index in [9.17, 15) is 18.0 Å². The van der Waals surface area contributed by atoms with E-state index in [2.05, 4.69) is 38.0 Å². The number of rotatable bonds is 8. The van der Waals surface area contributed by atoms with Gasteiger partial charge in [-0.3, -0.25) is 4.57 Å². The molecule has 0 bridgehead atoms. The van der Waals surface area contributed by atoms with Gasteiger partial charge in [0.05, 0.1) is 12.1 Å². The Morgan fingerprint density at radius 1 is 0.825 bits per heavy atom. The van der Waals surface area contributed by atoms with E-state index in [1.165, 1.54) is 16.3 Å². The smallest absolute Gasteiger partial charge is 0.279 e. The predicted octanol–water partition coefficient (Wildman–Crippen LogP) is 7.89. The number of hydrogen-bond acceptors (Lipinski definition) is 2. The van der Waals surface area contributed by atoms with E-state index in [1.807, 2.05) is 39.0 Å². The summed E-state index contributed by atoms with van der Waals surface area (Å²) >= 11 is 0. The maximum atomic E-state index is 14.0. The van der Waals surface area contributed by atoms with Crippen LogP contribution in [-0.2, 0) is 37.5 Å². The second-order valence-electron chi connectivity index (χ2n) is 11.6. The number of alkyl halides is 3. The largest absolute Gasteiger partial charge is 0.417 e. The molecule has 0 N–H and O–H groups in total. The monoisotopic (exact) mass is 549 g/mol. The van der Waals surface area contributed by atoms with Crippen molar-refractivity contribution in [3.8, 4) is 11.1 Å². The fourth-order valence-electron chi connectivity index (χ4n) is 4.97. The summed E-state index contributed by atoms with van der Waals surface area (Å²) < 4.78 is 45.2. The Morgan fingerprint density at radius 2 is 1.50 bits per heavy atom. The van der Waals surface area contributed by atoms with Gasteiger partial charge in [0.1, 0.15) is 5.82 Å². The van der Waals surface area contributed by atoms with Gasteiger partial charge in [0, 0.05) is 13.0 Å². The third-order valence-corrected chi connectivity index (χ3v) is 7.54. The van der Waals surface area contributed by atoms with Gasteiger partial charge < -0.3 is 0 Å². The summed E-state index contributed by atoms with van der Waals surface area (Å²) in [6.07, 6.45) is -2.93. The van der Waals surface area contributed by atoms with Crippen LogP contribution in [0.15, 0.2) is 65.5 Å². The van der Waals surface area contributed by atoms with Crippen molar-refractivity contribution >= 4 is 0 Å². The molecule has 0 amide bonds. The van der Waals surface area contributed by atoms with Crippen LogP contribution in [0.5, 0.6) is 0 Å². The normalized spacial score (nSPS) is 12.2. The average molecular weight is 550 g/mol. The van der Waals surface area contributed by atoms with Crippen molar-refractivity contribution in [3.05, 3.63) is 110 Å². The van der Waals surface area contributed by atoms with E-state index >= 15 is 0 Å². The summed E-state index contributed by atoms with van der Waals surface area (Å²) in [5.41, 5.74) is 4.83. The summed E-state index contributed by atoms with van der Waals surface area (Å²) in [5, 5.41) is 4.59. The van der Waals surface area contributed by atoms with E-state index in [-0.39, 0.29) is 16.7 Å². The zero-order valence-electron chi connectivity index (χ0n) is 24.2. The van der Waals surface area contributed by atoms with Crippen LogP contribution in [0.4, 0.5) is 13.2 Å². The Bertz CT molecular complexity index is 1540. The molecule has 4 nitrogen and oxygen atoms in total. The molecule has 4 aromatic rings. The fraction of sp³-hybridized carbons (Fsp3) is 0.394. The first-order valence-corrected chi connectivity index (χ1v) is 13.8. The topological polar surface area (TPSA) is 39.8 Å². The highest BCUT2D eigenvalue weighted by atomic mass is 19.4. The van der Waals surface area contributed by atoms with Gasteiger partial charge in [0.2, 0.25) is 0 Å². The van der Waals surface area contributed by atoms with Crippen molar-refractivity contribution in [1.29, 1.82) is 0 Å². The third kappa shape index (κ3) is 6.57. The summed E-state index contributed by atoms with van der Waals surface area (Å²) in [6, 6.07) is 18.2. The molecule has 7 heteroatoms. The Morgan fingerprint density at radius 3 is 2.10 bits per heavy atom. The zero-order valence-corrected chi connectivity index (χ0v) is 24.2. The number of aromatic nitrogens is 3. The molecule has 0 atom stereocenters. The lowest BCUT2D eigenvalue weighted by Gasteiger charge is -2.19. The second kappa shape index (κ2) is 11.5. The summed E-state index contributed by atoms with van der Waals surface area (Å²) in [7, 11) is 0. The Balaban J connectivity index is 1.50. The molecule has 0 unspecified atom stereocenters. The number of halogens is 3. The first-order chi connectivity index (χ1) is 18.8. The first-order valence-electron chi connectivity index (χ1n) is 13.8. The highest BCUT2D eigenvalue weighted by Gasteiger charge is 2.34. The number of benzene rings is 3. The molecule has 1 heterocycles. The molecule has 0 saturated carbocycles. The molecule has 0 aliphatic rings. The minimum absolute atomic E-state index is 0.0488. The van der Waals surface area contributed by atoms with Crippen LogP contribution >= 0.6 is 0 Å². The molecular weight excluding hydrogens is 511 g/mol. The molecule has 0 spiro atoms. The molecule has 212 valence electrons. The van der Waals surface area contributed by atoms with Crippen LogP contribution in [-0.4, -0.2) is 14.3 Å². The van der Waals surface area contributed by atoms with Gasteiger partial charge in [-0.1, -0.05) is 75.4 Å². The summed E-state index contributed by atoms with van der Waals surface area (Å²) in [4.78, 5) is 13.0. The summed E-state index contributed by atoms with van der Waals surface area (Å²) in [5.74, 6) is 0.654. The van der Waals surface area contributed by atoms with Crippen molar-refractivity contribution in [2.75, 3.05) is 0 Å². The van der Waals surface area contributed by atoms with Gasteiger partial charge in [0.25, 0.3) is 0 Å². The van der Waals surface area contributed by atoms with Crippen LogP contribution in [0.25, 0.3) is 11.1 Å². The lowest BCUT2D eigenvalue weighted by atomic mass is 9.87. The molecular formula is C33H38F3N3O. The van der Waals surface area contributed by atoms with Gasteiger partial charge in [-0.25, -0.2) is 9.48 Å². The van der Waals surface area contributed by atoms with Gasteiger partial charge in [-0.2, -0.15) is 18.3 Å². The van der Waals surface area contributed by atoms with E-state index in [4.69, 9.17) is 0 Å². The minimum Gasteiger partial charge on any atom is -0.279 e. The van der Waals surface area contributed by atoms with E-state index in [0.29, 0.717) is 49.3 Å². The molecule has 0 saturated heterocycles. The van der Waals surface area contributed by atoms with Crippen molar-refractivity contribution in [2.24, 2.45) is 0 Å². The number of hydrogen-bond donors (Lipinski definition) is 0. The van der Waals surface area contributed by atoms with Crippen LogP contribution in [0.1, 0.15) is 73.3 Å². The highest BCUT2D eigenvalue weighted by Crippen LogP contribution is 2.38. The Kier molecular flexibility index (Phi) is 8.43. The van der Waals surface area contributed by atoms with E-state index in [0.717, 1.165) is 16.7 Å². The minimum atomic E-state index is -4.46. The fourth-order valence-corrected chi connectivity index (χ4v) is 4.97. The molecule has 4 rings (SSSR count). The quantitative estimate of drug-likeness (QED) is 0.224. The van der Waals surface area contributed by atoms with Crippen LogP contribution in [0.3, 0.4) is 0 Å². The highest BCUT2D eigenvalue weighted by molar-refractivity contribution is 5.69. The van der Waals surface area contributed by atoms with E-state index < -0.39 is 11.7 Å².